The molecule has 1 heterocycles. The van der Waals surface area contributed by atoms with Crippen molar-refractivity contribution in [3.63, 3.8) is 0 Å². The van der Waals surface area contributed by atoms with E-state index in [2.05, 4.69) is 29.3 Å². The van der Waals surface area contributed by atoms with Crippen molar-refractivity contribution < 1.29 is 5.11 Å². The van der Waals surface area contributed by atoms with Gasteiger partial charge in [-0.3, -0.25) is 0 Å². The van der Waals surface area contributed by atoms with Gasteiger partial charge in [-0.25, -0.2) is 0 Å². The summed E-state index contributed by atoms with van der Waals surface area (Å²) in [5.74, 6) is 0. The van der Waals surface area contributed by atoms with E-state index < -0.39 is 0 Å². The van der Waals surface area contributed by atoms with Crippen LogP contribution in [0.4, 0.5) is 5.69 Å². The van der Waals surface area contributed by atoms with E-state index in [9.17, 15) is 5.11 Å². The van der Waals surface area contributed by atoms with Crippen LogP contribution < -0.4 is 10.2 Å². The van der Waals surface area contributed by atoms with E-state index in [0.29, 0.717) is 0 Å². The Hall–Kier alpha value is -0.770. The molecule has 0 aliphatic carbocycles. The quantitative estimate of drug-likeness (QED) is 0.815. The van der Waals surface area contributed by atoms with Crippen molar-refractivity contribution >= 4 is 17.3 Å². The molecule has 1 aliphatic rings. The molecule has 1 saturated heterocycles. The van der Waals surface area contributed by atoms with Crippen LogP contribution in [0.1, 0.15) is 31.7 Å². The first-order valence-corrected chi connectivity index (χ1v) is 7.50. The fourth-order valence-corrected chi connectivity index (χ4v) is 2.64. The van der Waals surface area contributed by atoms with Gasteiger partial charge in [-0.2, -0.15) is 0 Å². The summed E-state index contributed by atoms with van der Waals surface area (Å²) >= 11 is 6.34. The summed E-state index contributed by atoms with van der Waals surface area (Å²) in [5, 5.41) is 13.7. The lowest BCUT2D eigenvalue weighted by Gasteiger charge is -2.31. The summed E-state index contributed by atoms with van der Waals surface area (Å²) in [5.41, 5.74) is 2.31. The average Bonchev–Trinajstić information content (AvgIpc) is 2.42. The van der Waals surface area contributed by atoms with E-state index in [1.165, 1.54) is 0 Å². The molecular formula is C15H23ClN2O. The van der Waals surface area contributed by atoms with Crippen LogP contribution >= 0.6 is 11.6 Å². The lowest BCUT2D eigenvalue weighted by molar-refractivity contribution is 0.145. The summed E-state index contributed by atoms with van der Waals surface area (Å²) in [6, 6.07) is 6.28. The van der Waals surface area contributed by atoms with E-state index in [0.717, 1.165) is 61.7 Å². The summed E-state index contributed by atoms with van der Waals surface area (Å²) in [6.07, 6.45) is 2.69. The Bertz CT molecular complexity index is 403. The molecule has 1 aromatic carbocycles. The minimum absolute atomic E-state index is 0.135. The molecule has 1 fully saturated rings. The Labute approximate surface area is 120 Å². The number of aliphatic hydroxyl groups is 1. The lowest BCUT2D eigenvalue weighted by Crippen LogP contribution is -2.35. The van der Waals surface area contributed by atoms with Crippen molar-refractivity contribution in [2.75, 3.05) is 24.5 Å². The number of piperidine rings is 1. The molecule has 2 rings (SSSR count). The van der Waals surface area contributed by atoms with Gasteiger partial charge in [-0.1, -0.05) is 24.6 Å². The summed E-state index contributed by atoms with van der Waals surface area (Å²) in [7, 11) is 0. The monoisotopic (exact) mass is 282 g/mol. The molecule has 106 valence electrons. The van der Waals surface area contributed by atoms with Gasteiger partial charge < -0.3 is 15.3 Å². The Balaban J connectivity index is 1.98. The van der Waals surface area contributed by atoms with Gasteiger partial charge in [0.1, 0.15) is 0 Å². The number of halogens is 1. The van der Waals surface area contributed by atoms with Crippen LogP contribution in [0.3, 0.4) is 0 Å². The molecule has 0 radical (unpaired) electrons. The molecule has 0 amide bonds. The van der Waals surface area contributed by atoms with Crippen molar-refractivity contribution in [1.29, 1.82) is 0 Å². The van der Waals surface area contributed by atoms with Gasteiger partial charge in [-0.15, -0.1) is 0 Å². The SMILES string of the molecule is CCCNCc1ccc(N2CCC(O)CC2)cc1Cl. The van der Waals surface area contributed by atoms with Crippen molar-refractivity contribution in [2.24, 2.45) is 0 Å². The standard InChI is InChI=1S/C15H23ClN2O/c1-2-7-17-11-12-3-4-13(10-15(12)16)18-8-5-14(19)6-9-18/h3-4,10,14,17,19H,2,5-9,11H2,1H3. The maximum atomic E-state index is 9.53. The molecule has 3 nitrogen and oxygen atoms in total. The molecule has 0 saturated carbocycles. The number of benzene rings is 1. The van der Waals surface area contributed by atoms with Gasteiger partial charge in [0.15, 0.2) is 0 Å². The van der Waals surface area contributed by atoms with Crippen molar-refractivity contribution in [1.82, 2.24) is 5.32 Å². The van der Waals surface area contributed by atoms with Crippen LogP contribution in [0, 0.1) is 0 Å². The van der Waals surface area contributed by atoms with Crippen LogP contribution in [0.25, 0.3) is 0 Å². The Morgan fingerprint density at radius 1 is 1.37 bits per heavy atom. The van der Waals surface area contributed by atoms with Gasteiger partial charge in [0.25, 0.3) is 0 Å². The Morgan fingerprint density at radius 2 is 2.11 bits per heavy atom. The zero-order valence-corrected chi connectivity index (χ0v) is 12.3. The third kappa shape index (κ3) is 4.10. The van der Waals surface area contributed by atoms with Gasteiger partial charge in [-0.05, 0) is 43.5 Å². The number of nitrogens with one attached hydrogen (secondary N) is 1. The Morgan fingerprint density at radius 3 is 2.74 bits per heavy atom. The number of hydrogen-bond donors (Lipinski definition) is 2. The number of aliphatic hydroxyl groups excluding tert-OH is 1. The molecule has 0 bridgehead atoms. The Kier molecular flexibility index (Phi) is 5.49. The van der Waals surface area contributed by atoms with Gasteiger partial charge in [0.05, 0.1) is 6.10 Å². The predicted molar refractivity (Wildman–Crippen MR) is 80.9 cm³/mol. The first kappa shape index (κ1) is 14.6. The molecule has 19 heavy (non-hydrogen) atoms. The highest BCUT2D eigenvalue weighted by molar-refractivity contribution is 6.31. The van der Waals surface area contributed by atoms with E-state index in [1.807, 2.05) is 6.07 Å². The predicted octanol–water partition coefficient (Wildman–Crippen LogP) is 2.80. The topological polar surface area (TPSA) is 35.5 Å². The smallest absolute Gasteiger partial charge is 0.0574 e. The van der Waals surface area contributed by atoms with Crippen LogP contribution in [-0.2, 0) is 6.54 Å². The molecule has 1 aliphatic heterocycles. The zero-order valence-electron chi connectivity index (χ0n) is 11.5. The third-order valence-corrected chi connectivity index (χ3v) is 3.96. The second kappa shape index (κ2) is 7.13. The number of hydrogen-bond acceptors (Lipinski definition) is 3. The molecule has 0 spiro atoms. The summed E-state index contributed by atoms with van der Waals surface area (Å²) in [6.45, 7) is 5.81. The highest BCUT2D eigenvalue weighted by atomic mass is 35.5. The van der Waals surface area contributed by atoms with Crippen molar-refractivity contribution in [3.05, 3.63) is 28.8 Å². The van der Waals surface area contributed by atoms with Crippen molar-refractivity contribution in [3.8, 4) is 0 Å². The molecule has 1 aromatic rings. The minimum atomic E-state index is -0.135. The fourth-order valence-electron chi connectivity index (χ4n) is 2.40. The first-order valence-electron chi connectivity index (χ1n) is 7.13. The highest BCUT2D eigenvalue weighted by Crippen LogP contribution is 2.26. The first-order chi connectivity index (χ1) is 9.20. The van der Waals surface area contributed by atoms with Crippen LogP contribution in [0.2, 0.25) is 5.02 Å². The number of nitrogens with zero attached hydrogens (tertiary/aromatic N) is 1. The van der Waals surface area contributed by atoms with E-state index in [1.54, 1.807) is 0 Å². The molecule has 4 heteroatoms. The van der Waals surface area contributed by atoms with Gasteiger partial charge in [0.2, 0.25) is 0 Å². The third-order valence-electron chi connectivity index (χ3n) is 3.61. The molecular weight excluding hydrogens is 260 g/mol. The maximum absolute atomic E-state index is 9.53. The van der Waals surface area contributed by atoms with Gasteiger partial charge >= 0.3 is 0 Å². The van der Waals surface area contributed by atoms with E-state index >= 15 is 0 Å². The summed E-state index contributed by atoms with van der Waals surface area (Å²) < 4.78 is 0. The highest BCUT2D eigenvalue weighted by Gasteiger charge is 2.17. The summed E-state index contributed by atoms with van der Waals surface area (Å²) in [4.78, 5) is 2.29. The number of rotatable bonds is 5. The second-order valence-electron chi connectivity index (χ2n) is 5.17. The van der Waals surface area contributed by atoms with Crippen molar-refractivity contribution in [2.45, 2.75) is 38.8 Å². The second-order valence-corrected chi connectivity index (χ2v) is 5.58. The molecule has 0 atom stereocenters. The molecule has 2 N–H and O–H groups in total. The zero-order chi connectivity index (χ0) is 13.7. The maximum Gasteiger partial charge on any atom is 0.0574 e. The largest absolute Gasteiger partial charge is 0.393 e. The number of anilines is 1. The normalized spacial score (nSPS) is 16.9. The lowest BCUT2D eigenvalue weighted by atomic mass is 10.1. The van der Waals surface area contributed by atoms with Crippen LogP contribution in [0.15, 0.2) is 18.2 Å². The van der Waals surface area contributed by atoms with Crippen LogP contribution in [-0.4, -0.2) is 30.8 Å². The van der Waals surface area contributed by atoms with Crippen LogP contribution in [0.5, 0.6) is 0 Å². The molecule has 0 aromatic heterocycles. The fraction of sp³-hybridized carbons (Fsp3) is 0.600. The average molecular weight is 283 g/mol. The minimum Gasteiger partial charge on any atom is -0.393 e. The van der Waals surface area contributed by atoms with E-state index in [4.69, 9.17) is 11.6 Å². The van der Waals surface area contributed by atoms with E-state index in [-0.39, 0.29) is 6.10 Å². The van der Waals surface area contributed by atoms with Gasteiger partial charge in [0, 0.05) is 30.3 Å². The molecule has 0 unspecified atom stereocenters.